The first kappa shape index (κ1) is 14.2. The number of aliphatic hydroxyl groups is 3. The minimum atomic E-state index is -1.52. The fourth-order valence-corrected chi connectivity index (χ4v) is 1.44. The predicted molar refractivity (Wildman–Crippen MR) is 54.9 cm³/mol. The highest BCUT2D eigenvalue weighted by Gasteiger charge is 2.42. The van der Waals surface area contributed by atoms with Crippen LogP contribution in [0.4, 0.5) is 0 Å². The Kier molecular flexibility index (Phi) is 5.18. The van der Waals surface area contributed by atoms with Crippen LogP contribution in [0.3, 0.4) is 0 Å². The van der Waals surface area contributed by atoms with Crippen molar-refractivity contribution in [1.29, 1.82) is 0 Å². The van der Waals surface area contributed by atoms with Crippen molar-refractivity contribution < 1.29 is 34.5 Å². The van der Waals surface area contributed by atoms with E-state index in [-0.39, 0.29) is 5.71 Å². The summed E-state index contributed by atoms with van der Waals surface area (Å²) < 4.78 is 9.61. The molecule has 1 aliphatic rings. The van der Waals surface area contributed by atoms with Gasteiger partial charge in [0.25, 0.3) is 0 Å². The zero-order valence-corrected chi connectivity index (χ0v) is 9.05. The summed E-state index contributed by atoms with van der Waals surface area (Å²) in [4.78, 5) is 14.3. The van der Waals surface area contributed by atoms with Crippen molar-refractivity contribution in [3.05, 3.63) is 0 Å². The van der Waals surface area contributed by atoms with Gasteiger partial charge in [0, 0.05) is 6.92 Å². The Morgan fingerprint density at radius 1 is 1.59 bits per heavy atom. The van der Waals surface area contributed by atoms with Crippen LogP contribution in [0.25, 0.3) is 0 Å². The zero-order valence-electron chi connectivity index (χ0n) is 9.05. The predicted octanol–water partition coefficient (Wildman–Crippen LogP) is -3.04. The van der Waals surface area contributed by atoms with E-state index in [9.17, 15) is 15.0 Å². The van der Waals surface area contributed by atoms with E-state index in [1.54, 1.807) is 0 Å². The topological polar surface area (TPSA) is 129 Å². The zero-order chi connectivity index (χ0) is 13.0. The van der Waals surface area contributed by atoms with E-state index in [0.29, 0.717) is 7.69 Å². The highest BCUT2D eigenvalue weighted by atomic mass is 16.7. The molecule has 17 heavy (non-hydrogen) atoms. The van der Waals surface area contributed by atoms with Gasteiger partial charge < -0.3 is 29.7 Å². The number of rotatable bonds is 3. The molecule has 1 fully saturated rings. The van der Waals surface area contributed by atoms with Crippen molar-refractivity contribution in [2.75, 3.05) is 6.61 Å². The molecule has 4 N–H and O–H groups in total. The van der Waals surface area contributed by atoms with E-state index >= 15 is 0 Å². The molecule has 0 aliphatic carbocycles. The van der Waals surface area contributed by atoms with Gasteiger partial charge in [0.15, 0.2) is 6.29 Å². The number of aliphatic hydroxyl groups excluding tert-OH is 3. The number of carbonyl (C=O) groups excluding carboxylic acids is 1. The van der Waals surface area contributed by atoms with Gasteiger partial charge in [-0.3, -0.25) is 4.79 Å². The Hall–Kier alpha value is -0.835. The van der Waals surface area contributed by atoms with Crippen LogP contribution in [0.5, 0.6) is 0 Å². The summed E-state index contributed by atoms with van der Waals surface area (Å²) in [5.41, 5.74) is -0.264. The summed E-state index contributed by atoms with van der Waals surface area (Å²) >= 11 is 0. The van der Waals surface area contributed by atoms with Crippen LogP contribution in [-0.2, 0) is 14.2 Å². The summed E-state index contributed by atoms with van der Waals surface area (Å²) in [5, 5.41) is 36.6. The number of aliphatic imine (C=N–C) groups is 1. The SMILES string of the molecule is CC(=O)N=C1[C@H](O[B]O)O[C@H](CO)[C@H](O)[C@@H]1O. The fraction of sp³-hybridized carbons (Fsp3) is 0.750. The first-order chi connectivity index (χ1) is 8.01. The van der Waals surface area contributed by atoms with Gasteiger partial charge in [-0.25, -0.2) is 4.99 Å². The summed E-state index contributed by atoms with van der Waals surface area (Å²) in [6.07, 6.45) is -5.38. The van der Waals surface area contributed by atoms with Gasteiger partial charge in [0.1, 0.15) is 24.0 Å². The number of hydrogen-bond donors (Lipinski definition) is 4. The lowest BCUT2D eigenvalue weighted by atomic mass is 9.99. The maximum Gasteiger partial charge on any atom is 0.487 e. The summed E-state index contributed by atoms with van der Waals surface area (Å²) in [6.45, 7) is 0.584. The molecule has 0 unspecified atom stereocenters. The molecule has 0 spiro atoms. The van der Waals surface area contributed by atoms with E-state index in [1.165, 1.54) is 0 Å². The first-order valence-corrected chi connectivity index (χ1v) is 4.84. The number of nitrogens with zero attached hydrogens (tertiary/aromatic N) is 1. The number of amides is 1. The van der Waals surface area contributed by atoms with Crippen LogP contribution in [0.15, 0.2) is 4.99 Å². The maximum atomic E-state index is 10.9. The van der Waals surface area contributed by atoms with Crippen LogP contribution in [0.1, 0.15) is 6.92 Å². The van der Waals surface area contributed by atoms with Gasteiger partial charge in [0.05, 0.1) is 6.61 Å². The van der Waals surface area contributed by atoms with Gasteiger partial charge in [-0.15, -0.1) is 0 Å². The molecular formula is C8H13BNO7. The second-order valence-corrected chi connectivity index (χ2v) is 3.42. The number of ether oxygens (including phenoxy) is 1. The van der Waals surface area contributed by atoms with E-state index < -0.39 is 37.1 Å². The molecule has 0 saturated carbocycles. The Morgan fingerprint density at radius 3 is 2.71 bits per heavy atom. The molecule has 1 amide bonds. The van der Waals surface area contributed by atoms with E-state index in [0.717, 1.165) is 6.92 Å². The van der Waals surface area contributed by atoms with Crippen LogP contribution in [-0.4, -0.2) is 70.9 Å². The molecule has 95 valence electrons. The van der Waals surface area contributed by atoms with Gasteiger partial charge in [-0.1, -0.05) is 0 Å². The Morgan fingerprint density at radius 2 is 2.24 bits per heavy atom. The Balaban J connectivity index is 2.94. The molecule has 0 aromatic heterocycles. The normalized spacial score (nSPS) is 35.9. The lowest BCUT2D eigenvalue weighted by molar-refractivity contribution is -0.175. The molecule has 1 rings (SSSR count). The molecule has 1 aliphatic heterocycles. The quantitative estimate of drug-likeness (QED) is 0.389. The maximum absolute atomic E-state index is 10.9. The molecule has 1 saturated heterocycles. The van der Waals surface area contributed by atoms with Gasteiger partial charge in [0.2, 0.25) is 5.91 Å². The lowest BCUT2D eigenvalue weighted by Gasteiger charge is -2.36. The van der Waals surface area contributed by atoms with Gasteiger partial charge >= 0.3 is 7.69 Å². The van der Waals surface area contributed by atoms with Crippen LogP contribution in [0, 0.1) is 0 Å². The second-order valence-electron chi connectivity index (χ2n) is 3.42. The Bertz CT molecular complexity index is 310. The number of hydrogen-bond acceptors (Lipinski definition) is 7. The molecule has 1 heterocycles. The van der Waals surface area contributed by atoms with Gasteiger partial charge in [-0.05, 0) is 0 Å². The van der Waals surface area contributed by atoms with Crippen molar-refractivity contribution in [3.8, 4) is 0 Å². The monoisotopic (exact) mass is 246 g/mol. The molecule has 1 radical (unpaired) electrons. The molecule has 0 aromatic rings. The lowest BCUT2D eigenvalue weighted by Crippen LogP contribution is -2.57. The summed E-state index contributed by atoms with van der Waals surface area (Å²) in [7, 11) is 0.305. The standard InChI is InChI=1S/C8H13BNO7/c1-3(12)10-5-7(14)6(13)4(2-11)16-8(5)17-9-15/h4,6-8,11,13-15H,2H2,1H3/t4-,6+,7-,8+/m1/s1. The highest BCUT2D eigenvalue weighted by Crippen LogP contribution is 2.19. The fourth-order valence-electron chi connectivity index (χ4n) is 1.44. The third-order valence-corrected chi connectivity index (χ3v) is 2.20. The minimum absolute atomic E-state index is 0.264. The molecule has 8 nitrogen and oxygen atoms in total. The summed E-state index contributed by atoms with van der Waals surface area (Å²) in [5.74, 6) is -0.621. The van der Waals surface area contributed by atoms with Crippen LogP contribution >= 0.6 is 0 Å². The highest BCUT2D eigenvalue weighted by molar-refractivity contribution is 6.17. The summed E-state index contributed by atoms with van der Waals surface area (Å²) in [6, 6.07) is 0. The van der Waals surface area contributed by atoms with Gasteiger partial charge in [-0.2, -0.15) is 0 Å². The van der Waals surface area contributed by atoms with Crippen LogP contribution < -0.4 is 0 Å². The minimum Gasteiger partial charge on any atom is -0.429 e. The number of carbonyl (C=O) groups is 1. The van der Waals surface area contributed by atoms with E-state index in [4.69, 9.17) is 14.9 Å². The van der Waals surface area contributed by atoms with Crippen molar-refractivity contribution in [2.45, 2.75) is 31.5 Å². The van der Waals surface area contributed by atoms with Crippen molar-refractivity contribution in [1.82, 2.24) is 0 Å². The second kappa shape index (κ2) is 6.19. The average Bonchev–Trinajstić information content (AvgIpc) is 2.28. The smallest absolute Gasteiger partial charge is 0.429 e. The largest absolute Gasteiger partial charge is 0.487 e. The third-order valence-electron chi connectivity index (χ3n) is 2.20. The molecular weight excluding hydrogens is 233 g/mol. The van der Waals surface area contributed by atoms with Crippen molar-refractivity contribution >= 4 is 19.3 Å². The van der Waals surface area contributed by atoms with E-state index in [2.05, 4.69) is 9.65 Å². The van der Waals surface area contributed by atoms with Crippen molar-refractivity contribution in [2.24, 2.45) is 4.99 Å². The molecule has 0 bridgehead atoms. The molecule has 0 aromatic carbocycles. The Labute approximate surface area is 97.8 Å². The third kappa shape index (κ3) is 3.31. The van der Waals surface area contributed by atoms with Crippen molar-refractivity contribution in [3.63, 3.8) is 0 Å². The van der Waals surface area contributed by atoms with E-state index in [1.807, 2.05) is 0 Å². The average molecular weight is 246 g/mol. The first-order valence-electron chi connectivity index (χ1n) is 4.84. The molecule has 9 heteroatoms. The van der Waals surface area contributed by atoms with Crippen LogP contribution in [0.2, 0.25) is 0 Å². The molecule has 4 atom stereocenters.